The molecule has 29 heavy (non-hydrogen) atoms. The van der Waals surface area contributed by atoms with Crippen LogP contribution in [0.3, 0.4) is 0 Å². The van der Waals surface area contributed by atoms with Crippen LogP contribution in [-0.2, 0) is 0 Å². The normalized spacial score (nSPS) is 19.2. The number of nitriles is 1. The Morgan fingerprint density at radius 1 is 1.10 bits per heavy atom. The minimum absolute atomic E-state index is 0.306. The standard InChI is InChI=1S/C19H28N4.C6H12/c1-21-8-5-17(6-9-21)7-10-22-11-13-23(14-12-22)19-4-2-3-18(15-19)16-20;1-5-6(2,3)4/h2-4,15,17H,5-14H2,1H3;5H,1H2,2-4H3. The lowest BCUT2D eigenvalue weighted by Gasteiger charge is -2.37. The Labute approximate surface area is 178 Å². The fourth-order valence-corrected chi connectivity index (χ4v) is 3.72. The molecule has 0 spiro atoms. The molecule has 2 aliphatic heterocycles. The lowest BCUT2D eigenvalue weighted by Crippen LogP contribution is -2.47. The molecule has 2 saturated heterocycles. The van der Waals surface area contributed by atoms with Gasteiger partial charge in [-0.2, -0.15) is 5.26 Å². The lowest BCUT2D eigenvalue weighted by molar-refractivity contribution is 0.182. The molecule has 1 aromatic carbocycles. The first-order valence-corrected chi connectivity index (χ1v) is 11.1. The van der Waals surface area contributed by atoms with Crippen molar-refractivity contribution in [2.75, 3.05) is 57.8 Å². The number of rotatable bonds is 4. The van der Waals surface area contributed by atoms with Crippen molar-refractivity contribution in [2.24, 2.45) is 11.3 Å². The van der Waals surface area contributed by atoms with Gasteiger partial charge in [0.05, 0.1) is 11.6 Å². The van der Waals surface area contributed by atoms with Crippen LogP contribution in [0.15, 0.2) is 36.9 Å². The first kappa shape index (κ1) is 23.4. The van der Waals surface area contributed by atoms with E-state index in [0.717, 1.165) is 37.7 Å². The molecule has 0 bridgehead atoms. The SMILES string of the molecule is C=CC(C)(C)C.CN1CCC(CCN2CCN(c3cccc(C#N)c3)CC2)CC1. The highest BCUT2D eigenvalue weighted by molar-refractivity contribution is 5.51. The Bertz CT molecular complexity index is 654. The molecule has 0 aliphatic carbocycles. The number of benzene rings is 1. The summed E-state index contributed by atoms with van der Waals surface area (Å²) in [6.45, 7) is 18.2. The minimum Gasteiger partial charge on any atom is -0.369 e. The Kier molecular flexibility index (Phi) is 9.20. The van der Waals surface area contributed by atoms with Crippen molar-refractivity contribution in [1.29, 1.82) is 5.26 Å². The number of hydrogen-bond acceptors (Lipinski definition) is 4. The van der Waals surface area contributed by atoms with Crippen LogP contribution in [0.5, 0.6) is 0 Å². The fourth-order valence-electron chi connectivity index (χ4n) is 3.72. The van der Waals surface area contributed by atoms with Crippen LogP contribution >= 0.6 is 0 Å². The van der Waals surface area contributed by atoms with Crippen molar-refractivity contribution < 1.29 is 0 Å². The van der Waals surface area contributed by atoms with Gasteiger partial charge in [0, 0.05) is 31.9 Å². The zero-order chi connectivity index (χ0) is 21.3. The van der Waals surface area contributed by atoms with Crippen LogP contribution in [0.2, 0.25) is 0 Å². The molecule has 2 fully saturated rings. The number of nitrogens with zero attached hydrogens (tertiary/aromatic N) is 4. The second-order valence-corrected chi connectivity index (χ2v) is 9.60. The number of piperidine rings is 1. The van der Waals surface area contributed by atoms with Gasteiger partial charge >= 0.3 is 0 Å². The van der Waals surface area contributed by atoms with Crippen LogP contribution in [0.1, 0.15) is 45.6 Å². The predicted octanol–water partition coefficient (Wildman–Crippen LogP) is 4.63. The predicted molar refractivity (Wildman–Crippen MR) is 124 cm³/mol. The van der Waals surface area contributed by atoms with Crippen molar-refractivity contribution in [3.05, 3.63) is 42.5 Å². The Hall–Kier alpha value is -1.83. The van der Waals surface area contributed by atoms with Gasteiger partial charge in [-0.25, -0.2) is 0 Å². The van der Waals surface area contributed by atoms with Gasteiger partial charge in [-0.3, -0.25) is 4.90 Å². The summed E-state index contributed by atoms with van der Waals surface area (Å²) in [6, 6.07) is 10.2. The fraction of sp³-hybridized carbons (Fsp3) is 0.640. The van der Waals surface area contributed by atoms with E-state index in [1.165, 1.54) is 44.6 Å². The molecule has 0 aromatic heterocycles. The van der Waals surface area contributed by atoms with Gasteiger partial charge in [0.2, 0.25) is 0 Å². The highest BCUT2D eigenvalue weighted by atomic mass is 15.3. The Morgan fingerprint density at radius 3 is 2.28 bits per heavy atom. The topological polar surface area (TPSA) is 33.5 Å². The largest absolute Gasteiger partial charge is 0.369 e. The number of hydrogen-bond donors (Lipinski definition) is 0. The van der Waals surface area contributed by atoms with Crippen molar-refractivity contribution in [2.45, 2.75) is 40.0 Å². The highest BCUT2D eigenvalue weighted by Gasteiger charge is 2.20. The zero-order valence-electron chi connectivity index (χ0n) is 19.0. The van der Waals surface area contributed by atoms with Gasteiger partial charge < -0.3 is 9.80 Å². The van der Waals surface area contributed by atoms with E-state index in [0.29, 0.717) is 5.41 Å². The molecule has 0 unspecified atom stereocenters. The van der Waals surface area contributed by atoms with Crippen LogP contribution in [0.4, 0.5) is 5.69 Å². The summed E-state index contributed by atoms with van der Waals surface area (Å²) in [5.74, 6) is 0.927. The van der Waals surface area contributed by atoms with Gasteiger partial charge in [-0.1, -0.05) is 32.9 Å². The van der Waals surface area contributed by atoms with Gasteiger partial charge in [0.15, 0.2) is 0 Å². The second-order valence-electron chi connectivity index (χ2n) is 9.60. The van der Waals surface area contributed by atoms with Crippen LogP contribution in [0, 0.1) is 22.7 Å². The van der Waals surface area contributed by atoms with E-state index in [9.17, 15) is 0 Å². The number of piperazine rings is 1. The summed E-state index contributed by atoms with van der Waals surface area (Å²) in [4.78, 5) is 7.47. The zero-order valence-corrected chi connectivity index (χ0v) is 19.0. The van der Waals surface area contributed by atoms with Crippen molar-refractivity contribution in [1.82, 2.24) is 9.80 Å². The molecule has 160 valence electrons. The monoisotopic (exact) mass is 396 g/mol. The minimum atomic E-state index is 0.306. The lowest BCUT2D eigenvalue weighted by atomic mass is 9.93. The van der Waals surface area contributed by atoms with Gasteiger partial charge in [0.1, 0.15) is 0 Å². The summed E-state index contributed by atoms with van der Waals surface area (Å²) >= 11 is 0. The van der Waals surface area contributed by atoms with Crippen LogP contribution < -0.4 is 4.90 Å². The van der Waals surface area contributed by atoms with Gasteiger partial charge in [0.25, 0.3) is 0 Å². The molecule has 0 saturated carbocycles. The van der Waals surface area contributed by atoms with Gasteiger partial charge in [-0.15, -0.1) is 6.58 Å². The number of anilines is 1. The maximum Gasteiger partial charge on any atom is 0.0992 e. The molecule has 4 heteroatoms. The third-order valence-corrected chi connectivity index (χ3v) is 6.02. The molecule has 0 atom stereocenters. The van der Waals surface area contributed by atoms with Crippen molar-refractivity contribution >= 4 is 5.69 Å². The molecule has 0 radical (unpaired) electrons. The van der Waals surface area contributed by atoms with E-state index in [1.54, 1.807) is 0 Å². The van der Waals surface area contributed by atoms with E-state index < -0.39 is 0 Å². The van der Waals surface area contributed by atoms with Crippen molar-refractivity contribution in [3.63, 3.8) is 0 Å². The second kappa shape index (κ2) is 11.4. The Morgan fingerprint density at radius 2 is 1.72 bits per heavy atom. The Balaban J connectivity index is 0.000000438. The number of allylic oxidation sites excluding steroid dienone is 1. The molecule has 1 aromatic rings. The maximum atomic E-state index is 9.03. The molecule has 2 aliphatic rings. The summed E-state index contributed by atoms with van der Waals surface area (Å²) in [6.07, 6.45) is 6.04. The molecule has 0 amide bonds. The van der Waals surface area contributed by atoms with E-state index >= 15 is 0 Å². The molecular weight excluding hydrogens is 356 g/mol. The average Bonchev–Trinajstić information content (AvgIpc) is 2.74. The molecule has 2 heterocycles. The molecular formula is C25H40N4. The van der Waals surface area contributed by atoms with E-state index in [4.69, 9.17) is 5.26 Å². The summed E-state index contributed by atoms with van der Waals surface area (Å²) in [5, 5.41) is 9.03. The first-order valence-electron chi connectivity index (χ1n) is 11.1. The third-order valence-electron chi connectivity index (χ3n) is 6.02. The van der Waals surface area contributed by atoms with Crippen LogP contribution in [0.25, 0.3) is 0 Å². The van der Waals surface area contributed by atoms with E-state index in [1.807, 2.05) is 24.3 Å². The van der Waals surface area contributed by atoms with Gasteiger partial charge in [-0.05, 0) is 75.5 Å². The van der Waals surface area contributed by atoms with E-state index in [-0.39, 0.29) is 0 Å². The molecule has 4 nitrogen and oxygen atoms in total. The summed E-state index contributed by atoms with van der Waals surface area (Å²) in [5.41, 5.74) is 2.26. The molecule has 3 rings (SSSR count). The van der Waals surface area contributed by atoms with E-state index in [2.05, 4.69) is 61.2 Å². The molecule has 0 N–H and O–H groups in total. The third kappa shape index (κ3) is 8.60. The highest BCUT2D eigenvalue weighted by Crippen LogP contribution is 2.21. The summed E-state index contributed by atoms with van der Waals surface area (Å²) < 4.78 is 0. The van der Waals surface area contributed by atoms with Crippen LogP contribution in [-0.4, -0.2) is 62.7 Å². The quantitative estimate of drug-likeness (QED) is 0.695. The maximum absolute atomic E-state index is 9.03. The smallest absolute Gasteiger partial charge is 0.0992 e. The van der Waals surface area contributed by atoms with Crippen molar-refractivity contribution in [3.8, 4) is 6.07 Å². The average molecular weight is 397 g/mol. The first-order chi connectivity index (χ1) is 13.8. The number of likely N-dealkylation sites (tertiary alicyclic amines) is 1. The summed E-state index contributed by atoms with van der Waals surface area (Å²) in [7, 11) is 2.23.